The van der Waals surface area contributed by atoms with Crippen LogP contribution in [0.2, 0.25) is 0 Å². The van der Waals surface area contributed by atoms with Crippen molar-refractivity contribution in [3.8, 4) is 0 Å². The Balaban J connectivity index is 2.40. The Morgan fingerprint density at radius 3 is 2.65 bits per heavy atom. The number of imide groups is 1. The molecule has 88 valence electrons. The molecule has 1 atom stereocenters. The molecule has 1 aromatic carbocycles. The minimum absolute atomic E-state index is 0.0432. The Morgan fingerprint density at radius 2 is 2.12 bits per heavy atom. The minimum Gasteiger partial charge on any atom is -0.347 e. The van der Waals surface area contributed by atoms with Crippen molar-refractivity contribution in [2.75, 3.05) is 4.90 Å². The normalized spacial score (nSPS) is 19.8. The Kier molecular flexibility index (Phi) is 2.60. The van der Waals surface area contributed by atoms with E-state index in [9.17, 15) is 19.7 Å². The Labute approximate surface area is 96.0 Å². The van der Waals surface area contributed by atoms with Crippen LogP contribution in [0.4, 0.5) is 11.4 Å². The van der Waals surface area contributed by atoms with Crippen molar-refractivity contribution in [1.29, 1.82) is 0 Å². The number of non-ortho nitro benzene ring substituents is 1. The lowest BCUT2D eigenvalue weighted by Crippen LogP contribution is -2.64. The van der Waals surface area contributed by atoms with E-state index < -0.39 is 16.9 Å². The summed E-state index contributed by atoms with van der Waals surface area (Å²) in [7, 11) is 0. The van der Waals surface area contributed by atoms with Crippen LogP contribution in [0.1, 0.15) is 6.42 Å². The van der Waals surface area contributed by atoms with Gasteiger partial charge in [0, 0.05) is 12.1 Å². The molecule has 2 rings (SSSR count). The molecule has 0 saturated carbocycles. The minimum atomic E-state index is -0.609. The quantitative estimate of drug-likeness (QED) is 0.423. The summed E-state index contributed by atoms with van der Waals surface area (Å²) in [5, 5.41) is 10.6. The highest BCUT2D eigenvalue weighted by atomic mass is 16.6. The van der Waals surface area contributed by atoms with E-state index in [4.69, 9.17) is 0 Å². The highest BCUT2D eigenvalue weighted by Crippen LogP contribution is 2.25. The maximum Gasteiger partial charge on any atom is 0.292 e. The zero-order valence-electron chi connectivity index (χ0n) is 8.83. The molecule has 7 heteroatoms. The van der Waals surface area contributed by atoms with E-state index in [0.717, 1.165) is 4.90 Å². The van der Waals surface area contributed by atoms with Crippen LogP contribution in [0, 0.1) is 10.1 Å². The van der Waals surface area contributed by atoms with E-state index >= 15 is 0 Å². The molecule has 1 fully saturated rings. The van der Waals surface area contributed by atoms with Gasteiger partial charge in [0.05, 0.1) is 17.0 Å². The van der Waals surface area contributed by atoms with Crippen molar-refractivity contribution in [1.82, 2.24) is 0 Å². The van der Waals surface area contributed by atoms with Gasteiger partial charge in [0.25, 0.3) is 11.6 Å². The number of quaternary nitrogens is 1. The number of nitro benzene ring substituents is 1. The number of carbonyl (C=O) groups excluding carboxylic acids is 2. The van der Waals surface area contributed by atoms with Crippen molar-refractivity contribution < 1.29 is 20.2 Å². The topological polar surface area (TPSA) is 108 Å². The van der Waals surface area contributed by atoms with E-state index in [-0.39, 0.29) is 23.7 Å². The molecule has 0 bridgehead atoms. The van der Waals surface area contributed by atoms with Crippen LogP contribution >= 0.6 is 0 Å². The van der Waals surface area contributed by atoms with E-state index in [1.54, 1.807) is 0 Å². The lowest BCUT2D eigenvalue weighted by atomic mass is 10.2. The molecule has 1 aromatic rings. The number of nitrogens with zero attached hydrogens (tertiary/aromatic N) is 2. The van der Waals surface area contributed by atoms with Gasteiger partial charge >= 0.3 is 0 Å². The summed E-state index contributed by atoms with van der Waals surface area (Å²) >= 11 is 0. The average Bonchev–Trinajstić information content (AvgIpc) is 2.53. The fourth-order valence-corrected chi connectivity index (χ4v) is 1.71. The number of carbonyl (C=O) groups is 2. The molecule has 1 saturated heterocycles. The maximum absolute atomic E-state index is 11.7. The molecule has 0 aliphatic carbocycles. The summed E-state index contributed by atoms with van der Waals surface area (Å²) in [6.45, 7) is 0. The van der Waals surface area contributed by atoms with Crippen molar-refractivity contribution in [2.45, 2.75) is 12.5 Å². The van der Waals surface area contributed by atoms with E-state index in [2.05, 4.69) is 5.73 Å². The van der Waals surface area contributed by atoms with Gasteiger partial charge in [0.1, 0.15) is 0 Å². The smallest absolute Gasteiger partial charge is 0.292 e. The number of nitro groups is 1. The monoisotopic (exact) mass is 236 g/mol. The van der Waals surface area contributed by atoms with Crippen molar-refractivity contribution in [2.24, 2.45) is 0 Å². The van der Waals surface area contributed by atoms with Crippen LogP contribution in [0.5, 0.6) is 0 Å². The Bertz CT molecular complexity index is 514. The second-order valence-corrected chi connectivity index (χ2v) is 3.75. The second-order valence-electron chi connectivity index (χ2n) is 3.75. The van der Waals surface area contributed by atoms with Crippen LogP contribution in [-0.2, 0) is 9.59 Å². The Hall–Kier alpha value is -2.28. The molecule has 1 aliphatic rings. The highest BCUT2D eigenvalue weighted by molar-refractivity contribution is 6.21. The third-order valence-electron chi connectivity index (χ3n) is 2.54. The second kappa shape index (κ2) is 3.95. The molecule has 0 unspecified atom stereocenters. The molecule has 0 spiro atoms. The average molecular weight is 236 g/mol. The van der Waals surface area contributed by atoms with E-state index in [1.807, 2.05) is 0 Å². The van der Waals surface area contributed by atoms with Crippen LogP contribution in [0.15, 0.2) is 24.3 Å². The lowest BCUT2D eigenvalue weighted by Gasteiger charge is -2.12. The standard InChI is InChI=1S/C10H9N3O4/c11-8-5-9(14)12(10(8)15)6-2-1-3-7(4-6)13(16)17/h1-4,8H,5,11H2/p+1/t8-/m0/s1. The molecule has 3 N–H and O–H groups in total. The van der Waals surface area contributed by atoms with Crippen LogP contribution in [-0.4, -0.2) is 22.8 Å². The molecule has 2 amide bonds. The fourth-order valence-electron chi connectivity index (χ4n) is 1.71. The van der Waals surface area contributed by atoms with Gasteiger partial charge in [-0.3, -0.25) is 19.7 Å². The SMILES string of the molecule is [NH3+][C@H]1CC(=O)N(c2cccc([N+](=O)[O-])c2)C1=O. The van der Waals surface area contributed by atoms with Gasteiger partial charge in [-0.15, -0.1) is 0 Å². The molecule has 1 heterocycles. The molecule has 17 heavy (non-hydrogen) atoms. The summed E-state index contributed by atoms with van der Waals surface area (Å²) in [5.41, 5.74) is 3.62. The molecule has 0 aromatic heterocycles. The first-order valence-electron chi connectivity index (χ1n) is 4.95. The van der Waals surface area contributed by atoms with E-state index in [1.165, 1.54) is 24.3 Å². The number of hydrogen-bond acceptors (Lipinski definition) is 4. The number of rotatable bonds is 2. The molecule has 0 radical (unpaired) electrons. The predicted octanol–water partition coefficient (Wildman–Crippen LogP) is -0.531. The van der Waals surface area contributed by atoms with Crippen molar-refractivity contribution in [3.63, 3.8) is 0 Å². The summed E-state index contributed by atoms with van der Waals surface area (Å²) < 4.78 is 0. The third-order valence-corrected chi connectivity index (χ3v) is 2.54. The largest absolute Gasteiger partial charge is 0.347 e. The summed E-state index contributed by atoms with van der Waals surface area (Å²) in [4.78, 5) is 34.2. The zero-order chi connectivity index (χ0) is 12.6. The summed E-state index contributed by atoms with van der Waals surface area (Å²) in [6.07, 6.45) is 0.0432. The van der Waals surface area contributed by atoms with Crippen molar-refractivity contribution >= 4 is 23.2 Å². The zero-order valence-corrected chi connectivity index (χ0v) is 8.83. The first kappa shape index (κ1) is 11.2. The van der Waals surface area contributed by atoms with Crippen LogP contribution in [0.3, 0.4) is 0 Å². The summed E-state index contributed by atoms with van der Waals surface area (Å²) in [5.74, 6) is -0.800. The fraction of sp³-hybridized carbons (Fsp3) is 0.200. The van der Waals surface area contributed by atoms with Gasteiger partial charge in [0.15, 0.2) is 6.04 Å². The van der Waals surface area contributed by atoms with Crippen LogP contribution in [0.25, 0.3) is 0 Å². The Morgan fingerprint density at radius 1 is 1.41 bits per heavy atom. The third kappa shape index (κ3) is 1.87. The number of amides is 2. The van der Waals surface area contributed by atoms with E-state index in [0.29, 0.717) is 0 Å². The lowest BCUT2D eigenvalue weighted by molar-refractivity contribution is -0.399. The van der Waals surface area contributed by atoms with Gasteiger partial charge in [-0.05, 0) is 6.07 Å². The first-order valence-corrected chi connectivity index (χ1v) is 4.95. The van der Waals surface area contributed by atoms with Gasteiger partial charge in [-0.2, -0.15) is 0 Å². The molecule has 7 nitrogen and oxygen atoms in total. The van der Waals surface area contributed by atoms with Gasteiger partial charge in [-0.1, -0.05) is 6.07 Å². The molecular formula is C10H10N3O4+. The maximum atomic E-state index is 11.7. The first-order chi connectivity index (χ1) is 8.00. The summed E-state index contributed by atoms with van der Waals surface area (Å²) in [6, 6.07) is 4.82. The van der Waals surface area contributed by atoms with Gasteiger partial charge in [-0.25, -0.2) is 4.90 Å². The highest BCUT2D eigenvalue weighted by Gasteiger charge is 2.40. The van der Waals surface area contributed by atoms with Crippen LogP contribution < -0.4 is 10.6 Å². The predicted molar refractivity (Wildman–Crippen MR) is 56.9 cm³/mol. The molecular weight excluding hydrogens is 226 g/mol. The van der Waals surface area contributed by atoms with Crippen molar-refractivity contribution in [3.05, 3.63) is 34.4 Å². The van der Waals surface area contributed by atoms with Gasteiger partial charge in [0.2, 0.25) is 5.91 Å². The number of benzene rings is 1. The number of anilines is 1. The number of hydrogen-bond donors (Lipinski definition) is 1. The van der Waals surface area contributed by atoms with Gasteiger partial charge < -0.3 is 5.73 Å². The molecule has 1 aliphatic heterocycles.